The third kappa shape index (κ3) is 2.93. The van der Waals surface area contributed by atoms with Crippen LogP contribution in [0.15, 0.2) is 42.5 Å². The highest BCUT2D eigenvalue weighted by molar-refractivity contribution is 6.08. The van der Waals surface area contributed by atoms with Crippen LogP contribution in [0.3, 0.4) is 0 Å². The predicted octanol–water partition coefficient (Wildman–Crippen LogP) is 1.96. The van der Waals surface area contributed by atoms with Crippen molar-refractivity contribution < 1.29 is 23.5 Å². The minimum atomic E-state index is -1.40. The number of carbonyl (C=O) groups excluding carboxylic acids is 2. The van der Waals surface area contributed by atoms with Crippen molar-refractivity contribution in [3.8, 4) is 17.6 Å². The van der Waals surface area contributed by atoms with Gasteiger partial charge in [-0.05, 0) is 42.5 Å². The van der Waals surface area contributed by atoms with Crippen LogP contribution in [0.5, 0.6) is 11.5 Å². The van der Waals surface area contributed by atoms with Crippen molar-refractivity contribution in [3.05, 3.63) is 59.4 Å². The lowest BCUT2D eigenvalue weighted by molar-refractivity contribution is -0.126. The summed E-state index contributed by atoms with van der Waals surface area (Å²) in [5.74, 6) is -0.228. The van der Waals surface area contributed by atoms with Crippen molar-refractivity contribution >= 4 is 11.9 Å². The van der Waals surface area contributed by atoms with Gasteiger partial charge in [-0.1, -0.05) is 0 Å². The van der Waals surface area contributed by atoms with Gasteiger partial charge >= 0.3 is 6.03 Å². The molecular weight excluding hydrogens is 353 g/mol. The van der Waals surface area contributed by atoms with Crippen molar-refractivity contribution in [2.45, 2.75) is 18.1 Å². The number of benzene rings is 2. The van der Waals surface area contributed by atoms with Crippen molar-refractivity contribution in [3.63, 3.8) is 0 Å². The van der Waals surface area contributed by atoms with Gasteiger partial charge in [0.05, 0.1) is 11.6 Å². The number of amides is 3. The van der Waals surface area contributed by atoms with Crippen LogP contribution < -0.4 is 20.1 Å². The molecule has 136 valence electrons. The largest absolute Gasteiger partial charge is 0.490 e. The first-order valence-electron chi connectivity index (χ1n) is 8.23. The number of hydrogen-bond acceptors (Lipinski definition) is 5. The van der Waals surface area contributed by atoms with Crippen LogP contribution in [-0.2, 0) is 10.3 Å². The van der Waals surface area contributed by atoms with Gasteiger partial charge in [0.2, 0.25) is 0 Å². The summed E-state index contributed by atoms with van der Waals surface area (Å²) < 4.78 is 25.3. The smallest absolute Gasteiger partial charge is 0.322 e. The average Bonchev–Trinajstić information content (AvgIpc) is 2.94. The Hall–Kier alpha value is -3.60. The van der Waals surface area contributed by atoms with E-state index in [-0.39, 0.29) is 18.6 Å². The van der Waals surface area contributed by atoms with Gasteiger partial charge in [0.15, 0.2) is 5.54 Å². The summed E-state index contributed by atoms with van der Waals surface area (Å²) in [5.41, 5.74) is -0.608. The van der Waals surface area contributed by atoms with Crippen LogP contribution in [0, 0.1) is 17.1 Å². The van der Waals surface area contributed by atoms with E-state index in [0.29, 0.717) is 17.1 Å². The molecule has 27 heavy (non-hydrogen) atoms. The van der Waals surface area contributed by atoms with Crippen LogP contribution in [0.25, 0.3) is 0 Å². The Morgan fingerprint density at radius 3 is 2.70 bits per heavy atom. The number of carbonyl (C=O) groups is 2. The lowest BCUT2D eigenvalue weighted by Crippen LogP contribution is -2.51. The van der Waals surface area contributed by atoms with E-state index in [2.05, 4.69) is 10.6 Å². The summed E-state index contributed by atoms with van der Waals surface area (Å²) in [7, 11) is 0. The van der Waals surface area contributed by atoms with Crippen molar-refractivity contribution in [1.29, 1.82) is 5.26 Å². The fourth-order valence-corrected chi connectivity index (χ4v) is 3.34. The summed E-state index contributed by atoms with van der Waals surface area (Å²) in [6, 6.07) is 11.8. The molecule has 2 aliphatic heterocycles. The molecule has 1 spiro atoms. The predicted molar refractivity (Wildman–Crippen MR) is 90.4 cm³/mol. The normalized spacial score (nSPS) is 23.0. The second-order valence-corrected chi connectivity index (χ2v) is 6.35. The number of halogens is 1. The van der Waals surface area contributed by atoms with Gasteiger partial charge in [-0.2, -0.15) is 5.26 Å². The minimum Gasteiger partial charge on any atom is -0.490 e. The summed E-state index contributed by atoms with van der Waals surface area (Å²) in [6.45, 7) is 0.105. The first-order valence-corrected chi connectivity index (χ1v) is 8.23. The fraction of sp³-hybridized carbons (Fsp3) is 0.211. The van der Waals surface area contributed by atoms with Crippen molar-refractivity contribution in [2.75, 3.05) is 6.61 Å². The molecule has 2 heterocycles. The van der Waals surface area contributed by atoms with Crippen LogP contribution in [0.4, 0.5) is 9.18 Å². The first-order chi connectivity index (χ1) is 13.0. The first kappa shape index (κ1) is 16.8. The van der Waals surface area contributed by atoms with Gasteiger partial charge < -0.3 is 14.8 Å². The zero-order chi connectivity index (χ0) is 19.0. The molecule has 2 aliphatic rings. The molecule has 2 aromatic carbocycles. The van der Waals surface area contributed by atoms with E-state index in [1.807, 2.05) is 6.07 Å². The maximum atomic E-state index is 13.7. The molecule has 8 heteroatoms. The summed E-state index contributed by atoms with van der Waals surface area (Å²) >= 11 is 0. The molecule has 0 saturated carbocycles. The Labute approximate surface area is 153 Å². The molecule has 3 amide bonds. The number of imide groups is 1. The quantitative estimate of drug-likeness (QED) is 0.808. The fourth-order valence-electron chi connectivity index (χ4n) is 3.34. The standard InChI is InChI=1S/C19H14FN3O4/c20-12-3-6-16-15(7-12)19(17(24)22-18(25)23-19)8-14(27-16)10-26-13-4-1-11(9-21)2-5-13/h1-7,14H,8,10H2,(H2,22,23,24,25). The van der Waals surface area contributed by atoms with Crippen molar-refractivity contribution in [2.24, 2.45) is 0 Å². The Morgan fingerprint density at radius 1 is 1.26 bits per heavy atom. The molecule has 2 unspecified atom stereocenters. The highest BCUT2D eigenvalue weighted by atomic mass is 19.1. The van der Waals surface area contributed by atoms with Gasteiger partial charge in [0.25, 0.3) is 5.91 Å². The third-order valence-corrected chi connectivity index (χ3v) is 4.59. The Morgan fingerprint density at radius 2 is 2.04 bits per heavy atom. The molecule has 4 rings (SSSR count). The lowest BCUT2D eigenvalue weighted by atomic mass is 9.82. The van der Waals surface area contributed by atoms with E-state index >= 15 is 0 Å². The molecule has 1 saturated heterocycles. The third-order valence-electron chi connectivity index (χ3n) is 4.59. The molecule has 0 bridgehead atoms. The van der Waals surface area contributed by atoms with Crippen LogP contribution >= 0.6 is 0 Å². The highest BCUT2D eigenvalue weighted by Gasteiger charge is 2.53. The number of fused-ring (bicyclic) bond motifs is 2. The monoisotopic (exact) mass is 367 g/mol. The molecule has 2 aromatic rings. The zero-order valence-electron chi connectivity index (χ0n) is 14.0. The zero-order valence-corrected chi connectivity index (χ0v) is 14.0. The number of rotatable bonds is 3. The molecule has 2 N–H and O–H groups in total. The summed E-state index contributed by atoms with van der Waals surface area (Å²) in [4.78, 5) is 24.2. The highest BCUT2D eigenvalue weighted by Crippen LogP contribution is 2.41. The molecular formula is C19H14FN3O4. The van der Waals surface area contributed by atoms with Gasteiger partial charge in [-0.15, -0.1) is 0 Å². The van der Waals surface area contributed by atoms with Gasteiger partial charge in [-0.25, -0.2) is 9.18 Å². The number of urea groups is 1. The number of ether oxygens (including phenoxy) is 2. The maximum Gasteiger partial charge on any atom is 0.322 e. The van der Waals surface area contributed by atoms with Crippen LogP contribution in [0.1, 0.15) is 17.5 Å². The maximum absolute atomic E-state index is 13.7. The Kier molecular flexibility index (Phi) is 3.92. The van der Waals surface area contributed by atoms with Gasteiger partial charge in [-0.3, -0.25) is 10.1 Å². The Bertz CT molecular complexity index is 970. The van der Waals surface area contributed by atoms with E-state index < -0.39 is 29.4 Å². The summed E-state index contributed by atoms with van der Waals surface area (Å²) in [5, 5.41) is 13.6. The van der Waals surface area contributed by atoms with E-state index in [9.17, 15) is 14.0 Å². The number of nitriles is 1. The molecule has 0 aliphatic carbocycles. The SMILES string of the molecule is N#Cc1ccc(OCC2CC3(NC(=O)NC3=O)c3cc(F)ccc3O2)cc1. The topological polar surface area (TPSA) is 100 Å². The van der Waals surface area contributed by atoms with E-state index in [1.54, 1.807) is 24.3 Å². The molecule has 0 radical (unpaired) electrons. The number of nitrogens with one attached hydrogen (secondary N) is 2. The van der Waals surface area contributed by atoms with E-state index in [1.165, 1.54) is 18.2 Å². The molecule has 2 atom stereocenters. The summed E-state index contributed by atoms with van der Waals surface area (Å²) in [6.07, 6.45) is -0.458. The molecule has 0 aromatic heterocycles. The second kappa shape index (κ2) is 6.29. The average molecular weight is 367 g/mol. The van der Waals surface area contributed by atoms with E-state index in [4.69, 9.17) is 14.7 Å². The minimum absolute atomic E-state index is 0.0945. The van der Waals surface area contributed by atoms with Crippen molar-refractivity contribution in [1.82, 2.24) is 10.6 Å². The number of nitrogens with zero attached hydrogens (tertiary/aromatic N) is 1. The van der Waals surface area contributed by atoms with Crippen LogP contribution in [0.2, 0.25) is 0 Å². The van der Waals surface area contributed by atoms with E-state index in [0.717, 1.165) is 0 Å². The van der Waals surface area contributed by atoms with Crippen LogP contribution in [-0.4, -0.2) is 24.6 Å². The number of hydrogen-bond donors (Lipinski definition) is 2. The second-order valence-electron chi connectivity index (χ2n) is 6.35. The molecule has 1 fully saturated rings. The van der Waals surface area contributed by atoms with Gasteiger partial charge in [0.1, 0.15) is 30.0 Å². The lowest BCUT2D eigenvalue weighted by Gasteiger charge is -2.37. The van der Waals surface area contributed by atoms with Gasteiger partial charge in [0, 0.05) is 12.0 Å². The Balaban J connectivity index is 1.59. The molecule has 7 nitrogen and oxygen atoms in total.